The average Bonchev–Trinajstić information content (AvgIpc) is 2.60. The molecule has 1 aliphatic heterocycles. The van der Waals surface area contributed by atoms with Crippen LogP contribution >= 0.6 is 11.6 Å². The number of carboxylic acids is 1. The number of carbonyl (C=O) groups is 2. The molecule has 0 bridgehead atoms. The van der Waals surface area contributed by atoms with Crippen molar-refractivity contribution >= 4 is 35.2 Å². The van der Waals surface area contributed by atoms with E-state index in [-0.39, 0.29) is 12.2 Å². The molecule has 0 aliphatic carbocycles. The quantitative estimate of drug-likeness (QED) is 0.814. The minimum atomic E-state index is -1.08. The van der Waals surface area contributed by atoms with Gasteiger partial charge in [0.15, 0.2) is 11.5 Å². The summed E-state index contributed by atoms with van der Waals surface area (Å²) in [5, 5.41) is 9.96. The first-order valence-electron chi connectivity index (χ1n) is 8.23. The molecule has 1 N–H and O–H groups in total. The molecule has 1 atom stereocenters. The molecule has 2 aromatic carbocycles. The van der Waals surface area contributed by atoms with E-state index in [1.807, 2.05) is 31.2 Å². The Morgan fingerprint density at radius 1 is 1.27 bits per heavy atom. The van der Waals surface area contributed by atoms with Gasteiger partial charge in [-0.3, -0.25) is 9.69 Å². The molecular weight excluding hydrogens is 354 g/mol. The lowest BCUT2D eigenvalue weighted by Crippen LogP contribution is -2.48. The normalized spacial score (nSPS) is 16.2. The molecule has 0 fully saturated rings. The fourth-order valence-corrected chi connectivity index (χ4v) is 3.00. The van der Waals surface area contributed by atoms with Crippen molar-refractivity contribution in [1.82, 2.24) is 0 Å². The number of ether oxygens (including phenoxy) is 1. The van der Waals surface area contributed by atoms with Gasteiger partial charge in [-0.25, -0.2) is 4.79 Å². The van der Waals surface area contributed by atoms with Crippen LogP contribution < -0.4 is 9.64 Å². The van der Waals surface area contributed by atoms with E-state index in [0.29, 0.717) is 16.5 Å². The van der Waals surface area contributed by atoms with Gasteiger partial charge < -0.3 is 9.84 Å². The second-order valence-electron chi connectivity index (χ2n) is 6.07. The van der Waals surface area contributed by atoms with Crippen molar-refractivity contribution in [1.29, 1.82) is 0 Å². The van der Waals surface area contributed by atoms with E-state index in [0.717, 1.165) is 11.1 Å². The zero-order valence-electron chi connectivity index (χ0n) is 14.4. The summed E-state index contributed by atoms with van der Waals surface area (Å²) in [6.45, 7) is 3.69. The fraction of sp³-hybridized carbons (Fsp3) is 0.200. The number of hydrogen-bond donors (Lipinski definition) is 1. The summed E-state index contributed by atoms with van der Waals surface area (Å²) in [5.41, 5.74) is 2.25. The Hall–Kier alpha value is -2.79. The molecule has 3 rings (SSSR count). The highest BCUT2D eigenvalue weighted by atomic mass is 35.5. The van der Waals surface area contributed by atoms with E-state index >= 15 is 0 Å². The maximum absolute atomic E-state index is 13.0. The topological polar surface area (TPSA) is 66.8 Å². The number of anilines is 1. The van der Waals surface area contributed by atoms with Crippen molar-refractivity contribution in [2.75, 3.05) is 4.90 Å². The third-order valence-electron chi connectivity index (χ3n) is 4.19. The maximum atomic E-state index is 13.0. The van der Waals surface area contributed by atoms with Crippen molar-refractivity contribution in [2.45, 2.75) is 26.3 Å². The zero-order valence-corrected chi connectivity index (χ0v) is 15.2. The molecule has 5 nitrogen and oxygen atoms in total. The SMILES string of the molecule is CCC(C(=O)O)N1C(=O)/C(=C\c2ccc(C)cc2)Oc2ccc(Cl)cc21. The summed E-state index contributed by atoms with van der Waals surface area (Å²) in [6.07, 6.45) is 1.87. The molecule has 1 unspecified atom stereocenters. The highest BCUT2D eigenvalue weighted by Crippen LogP contribution is 2.39. The van der Waals surface area contributed by atoms with Crippen LogP contribution in [0.1, 0.15) is 24.5 Å². The minimum absolute atomic E-state index is 0.0726. The largest absolute Gasteiger partial charge is 0.480 e. The summed E-state index contributed by atoms with van der Waals surface area (Å²) in [5.74, 6) is -1.12. The number of carbonyl (C=O) groups excluding carboxylic acids is 1. The highest BCUT2D eigenvalue weighted by molar-refractivity contribution is 6.31. The number of rotatable bonds is 4. The van der Waals surface area contributed by atoms with E-state index < -0.39 is 17.9 Å². The van der Waals surface area contributed by atoms with Gasteiger partial charge in [0.05, 0.1) is 5.69 Å². The predicted octanol–water partition coefficient (Wildman–Crippen LogP) is 4.28. The number of halogens is 1. The minimum Gasteiger partial charge on any atom is -0.480 e. The third-order valence-corrected chi connectivity index (χ3v) is 4.42. The number of amides is 1. The Bertz CT molecular complexity index is 889. The van der Waals surface area contributed by atoms with Crippen LogP contribution in [0.4, 0.5) is 5.69 Å². The van der Waals surface area contributed by atoms with Gasteiger partial charge in [0.1, 0.15) is 6.04 Å². The van der Waals surface area contributed by atoms with Crippen LogP contribution in [-0.2, 0) is 9.59 Å². The van der Waals surface area contributed by atoms with E-state index in [1.165, 1.54) is 4.90 Å². The number of hydrogen-bond acceptors (Lipinski definition) is 3. The standard InChI is InChI=1S/C20H18ClNO4/c1-3-15(20(24)25)22-16-11-14(21)8-9-17(16)26-18(19(22)23)10-13-6-4-12(2)5-7-13/h4-11,15H,3H2,1-2H3,(H,24,25)/b18-10+. The van der Waals surface area contributed by atoms with Gasteiger partial charge in [-0.2, -0.15) is 0 Å². The van der Waals surface area contributed by atoms with Crippen molar-refractivity contribution in [3.8, 4) is 5.75 Å². The highest BCUT2D eigenvalue weighted by Gasteiger charge is 2.38. The Balaban J connectivity index is 2.10. The zero-order chi connectivity index (χ0) is 18.8. The lowest BCUT2D eigenvalue weighted by Gasteiger charge is -2.34. The predicted molar refractivity (Wildman–Crippen MR) is 100 cm³/mol. The van der Waals surface area contributed by atoms with Gasteiger partial charge in [0, 0.05) is 5.02 Å². The summed E-state index contributed by atoms with van der Waals surface area (Å²) in [7, 11) is 0. The number of nitrogens with zero attached hydrogens (tertiary/aromatic N) is 1. The summed E-state index contributed by atoms with van der Waals surface area (Å²) in [6, 6.07) is 11.4. The third kappa shape index (κ3) is 3.44. The van der Waals surface area contributed by atoms with Crippen molar-refractivity contribution < 1.29 is 19.4 Å². The Labute approximate surface area is 156 Å². The van der Waals surface area contributed by atoms with Crippen LogP contribution in [0.25, 0.3) is 6.08 Å². The van der Waals surface area contributed by atoms with Crippen LogP contribution in [-0.4, -0.2) is 23.0 Å². The van der Waals surface area contributed by atoms with E-state index in [4.69, 9.17) is 16.3 Å². The van der Waals surface area contributed by atoms with Crippen molar-refractivity contribution in [3.05, 3.63) is 64.4 Å². The lowest BCUT2D eigenvalue weighted by atomic mass is 10.1. The van der Waals surface area contributed by atoms with Gasteiger partial charge in [-0.05, 0) is 43.2 Å². The fourth-order valence-electron chi connectivity index (χ4n) is 2.84. The van der Waals surface area contributed by atoms with Crippen LogP contribution in [0.3, 0.4) is 0 Å². The van der Waals surface area contributed by atoms with Gasteiger partial charge in [0.2, 0.25) is 0 Å². The molecular formula is C20H18ClNO4. The lowest BCUT2D eigenvalue weighted by molar-refractivity contribution is -0.140. The van der Waals surface area contributed by atoms with Crippen LogP contribution in [0, 0.1) is 6.92 Å². The summed E-state index contributed by atoms with van der Waals surface area (Å²) in [4.78, 5) is 25.9. The summed E-state index contributed by atoms with van der Waals surface area (Å²) < 4.78 is 5.76. The molecule has 0 saturated carbocycles. The number of fused-ring (bicyclic) bond motifs is 1. The van der Waals surface area contributed by atoms with Crippen LogP contribution in [0.15, 0.2) is 48.2 Å². The maximum Gasteiger partial charge on any atom is 0.326 e. The van der Waals surface area contributed by atoms with Gasteiger partial charge in [-0.1, -0.05) is 48.4 Å². The Morgan fingerprint density at radius 2 is 1.96 bits per heavy atom. The van der Waals surface area contributed by atoms with Gasteiger partial charge >= 0.3 is 5.97 Å². The number of benzene rings is 2. The molecule has 26 heavy (non-hydrogen) atoms. The molecule has 1 aliphatic rings. The summed E-state index contributed by atoms with van der Waals surface area (Å²) >= 11 is 6.04. The molecule has 0 radical (unpaired) electrons. The first-order chi connectivity index (χ1) is 12.4. The molecule has 6 heteroatoms. The average molecular weight is 372 g/mol. The van der Waals surface area contributed by atoms with E-state index in [1.54, 1.807) is 31.2 Å². The van der Waals surface area contributed by atoms with Gasteiger partial charge in [0.25, 0.3) is 5.91 Å². The monoisotopic (exact) mass is 371 g/mol. The molecule has 0 aromatic heterocycles. The Morgan fingerprint density at radius 3 is 2.58 bits per heavy atom. The number of carboxylic acid groups (broad SMARTS) is 1. The smallest absolute Gasteiger partial charge is 0.326 e. The molecule has 134 valence electrons. The molecule has 1 amide bonds. The first kappa shape index (κ1) is 18.0. The number of aliphatic carboxylic acids is 1. The molecule has 2 aromatic rings. The van der Waals surface area contributed by atoms with Crippen LogP contribution in [0.2, 0.25) is 5.02 Å². The second-order valence-corrected chi connectivity index (χ2v) is 6.51. The second kappa shape index (κ2) is 7.22. The first-order valence-corrected chi connectivity index (χ1v) is 8.60. The molecule has 1 heterocycles. The van der Waals surface area contributed by atoms with E-state index in [2.05, 4.69) is 0 Å². The van der Waals surface area contributed by atoms with Crippen LogP contribution in [0.5, 0.6) is 5.75 Å². The number of aryl methyl sites for hydroxylation is 1. The van der Waals surface area contributed by atoms with Crippen molar-refractivity contribution in [2.24, 2.45) is 0 Å². The van der Waals surface area contributed by atoms with Crippen molar-refractivity contribution in [3.63, 3.8) is 0 Å². The van der Waals surface area contributed by atoms with Gasteiger partial charge in [-0.15, -0.1) is 0 Å². The van der Waals surface area contributed by atoms with E-state index in [9.17, 15) is 14.7 Å². The molecule has 0 spiro atoms. The molecule has 0 saturated heterocycles. The Kier molecular flexibility index (Phi) is 5.00.